The lowest BCUT2D eigenvalue weighted by atomic mass is 9.93. The maximum Gasteiger partial charge on any atom is 0.277 e. The van der Waals surface area contributed by atoms with E-state index in [9.17, 15) is 22.4 Å². The van der Waals surface area contributed by atoms with Crippen molar-refractivity contribution in [3.8, 4) is 10.6 Å². The van der Waals surface area contributed by atoms with Gasteiger partial charge in [-0.3, -0.25) is 9.48 Å². The van der Waals surface area contributed by atoms with Gasteiger partial charge in [0.1, 0.15) is 27.3 Å². The van der Waals surface area contributed by atoms with Gasteiger partial charge in [0, 0.05) is 25.6 Å². The number of carbonyl (C=O) groups excluding carboxylic acids is 1. The van der Waals surface area contributed by atoms with E-state index in [1.165, 1.54) is 21.8 Å². The number of nitrogens with two attached hydrogens (primary N) is 2. The summed E-state index contributed by atoms with van der Waals surface area (Å²) in [6, 6.07) is 3.35. The fraction of sp³-hybridized carbons (Fsp3) is 0.381. The van der Waals surface area contributed by atoms with E-state index in [4.69, 9.17) is 11.5 Å². The molecule has 1 aliphatic heterocycles. The quantitative estimate of drug-likeness (QED) is 0.475. The molecule has 4 rings (SSSR count). The van der Waals surface area contributed by atoms with Crippen LogP contribution in [0.25, 0.3) is 10.6 Å². The minimum absolute atomic E-state index is 0.0548. The zero-order valence-corrected chi connectivity index (χ0v) is 19.2. The second kappa shape index (κ2) is 8.55. The van der Waals surface area contributed by atoms with Crippen molar-refractivity contribution in [1.29, 1.82) is 0 Å². The van der Waals surface area contributed by atoms with Crippen molar-refractivity contribution in [3.05, 3.63) is 41.7 Å². The topological polar surface area (TPSA) is 115 Å². The Balaban J connectivity index is 1.62. The van der Waals surface area contributed by atoms with E-state index in [0.717, 1.165) is 23.5 Å². The Morgan fingerprint density at radius 2 is 1.94 bits per heavy atom. The molecule has 0 radical (unpaired) electrons. The molecule has 3 aromatic rings. The first kappa shape index (κ1) is 24.0. The minimum atomic E-state index is -3.05. The number of hydrogen-bond donors (Lipinski definition) is 3. The summed E-state index contributed by atoms with van der Waals surface area (Å²) in [5.41, 5.74) is 10.4. The highest BCUT2D eigenvalue weighted by atomic mass is 32.1. The minimum Gasteiger partial charge on any atom is -0.389 e. The number of nitrogens with one attached hydrogen (secondary N) is 1. The van der Waals surface area contributed by atoms with Crippen molar-refractivity contribution >= 4 is 33.8 Å². The summed E-state index contributed by atoms with van der Waals surface area (Å²) >= 11 is 0.756. The van der Waals surface area contributed by atoms with Crippen molar-refractivity contribution in [2.24, 2.45) is 12.8 Å². The van der Waals surface area contributed by atoms with E-state index >= 15 is 0 Å². The molecule has 1 fully saturated rings. The Morgan fingerprint density at radius 3 is 2.62 bits per heavy atom. The van der Waals surface area contributed by atoms with Gasteiger partial charge in [0.05, 0.1) is 18.3 Å². The smallest absolute Gasteiger partial charge is 0.277 e. The summed E-state index contributed by atoms with van der Waals surface area (Å²) in [6.45, 7) is 1.20. The molecular formula is C21H23F4N7OS. The van der Waals surface area contributed by atoms with Crippen LogP contribution >= 0.6 is 11.3 Å². The first-order chi connectivity index (χ1) is 15.9. The average molecular weight is 498 g/mol. The molecule has 1 aromatic carbocycles. The molecule has 5 N–H and O–H groups in total. The maximum atomic E-state index is 14.5. The lowest BCUT2D eigenvalue weighted by Gasteiger charge is -2.27. The summed E-state index contributed by atoms with van der Waals surface area (Å²) in [6.07, 6.45) is 1.15. The SMILES string of the molecule is Cn1ncc(NC(=O)c2nc(-c3c(F)cccc3F)sc2N)c1N1CC[C@@](C)(N)CC(F)(F)C1. The van der Waals surface area contributed by atoms with Crippen LogP contribution in [0.1, 0.15) is 30.3 Å². The van der Waals surface area contributed by atoms with E-state index in [-0.39, 0.29) is 33.8 Å². The van der Waals surface area contributed by atoms with E-state index in [1.807, 2.05) is 0 Å². The highest BCUT2D eigenvalue weighted by Crippen LogP contribution is 2.37. The number of thiazole rings is 1. The largest absolute Gasteiger partial charge is 0.389 e. The van der Waals surface area contributed by atoms with Crippen LogP contribution in [0.5, 0.6) is 0 Å². The van der Waals surface area contributed by atoms with Crippen LogP contribution in [0, 0.1) is 11.6 Å². The van der Waals surface area contributed by atoms with E-state index in [2.05, 4.69) is 15.4 Å². The zero-order valence-electron chi connectivity index (χ0n) is 18.4. The van der Waals surface area contributed by atoms with Crippen LogP contribution in [0.3, 0.4) is 0 Å². The number of benzene rings is 1. The highest BCUT2D eigenvalue weighted by molar-refractivity contribution is 7.19. The van der Waals surface area contributed by atoms with Gasteiger partial charge in [0.2, 0.25) is 0 Å². The maximum absolute atomic E-state index is 14.5. The molecule has 1 amide bonds. The van der Waals surface area contributed by atoms with Crippen molar-refractivity contribution < 1.29 is 22.4 Å². The molecule has 13 heteroatoms. The molecule has 2 aromatic heterocycles. The summed E-state index contributed by atoms with van der Waals surface area (Å²) in [5, 5.41) is 6.52. The fourth-order valence-electron chi connectivity index (χ4n) is 4.04. The molecule has 8 nitrogen and oxygen atoms in total. The van der Waals surface area contributed by atoms with Crippen LogP contribution < -0.4 is 21.7 Å². The van der Waals surface area contributed by atoms with Crippen LogP contribution in [0.4, 0.5) is 34.1 Å². The molecular weight excluding hydrogens is 474 g/mol. The number of nitrogen functional groups attached to an aromatic ring is 1. The normalized spacial score (nSPS) is 20.3. The summed E-state index contributed by atoms with van der Waals surface area (Å²) < 4.78 is 58.7. The van der Waals surface area contributed by atoms with Crippen LogP contribution in [0.2, 0.25) is 0 Å². The molecule has 3 heterocycles. The first-order valence-corrected chi connectivity index (χ1v) is 11.1. The van der Waals surface area contributed by atoms with Gasteiger partial charge in [-0.05, 0) is 25.5 Å². The number of carbonyl (C=O) groups is 1. The fourth-order valence-corrected chi connectivity index (χ4v) is 4.92. The third-order valence-corrected chi connectivity index (χ3v) is 6.44. The molecule has 1 atom stereocenters. The third kappa shape index (κ3) is 4.71. The number of hydrogen-bond acceptors (Lipinski definition) is 7. The van der Waals surface area contributed by atoms with Gasteiger partial charge in [-0.2, -0.15) is 5.10 Å². The number of alkyl halides is 2. The van der Waals surface area contributed by atoms with Gasteiger partial charge >= 0.3 is 0 Å². The molecule has 182 valence electrons. The number of aromatic nitrogens is 3. The Hall–Kier alpha value is -3.19. The third-order valence-electron chi connectivity index (χ3n) is 5.54. The van der Waals surface area contributed by atoms with Gasteiger partial charge in [-0.15, -0.1) is 0 Å². The van der Waals surface area contributed by atoms with Gasteiger partial charge < -0.3 is 21.7 Å². The first-order valence-electron chi connectivity index (χ1n) is 10.3. The Morgan fingerprint density at radius 1 is 1.26 bits per heavy atom. The van der Waals surface area contributed by atoms with Gasteiger partial charge in [0.25, 0.3) is 11.8 Å². The summed E-state index contributed by atoms with van der Waals surface area (Å²) in [4.78, 5) is 18.4. The number of halogens is 4. The molecule has 0 spiro atoms. The summed E-state index contributed by atoms with van der Waals surface area (Å²) in [5.74, 6) is -5.24. The van der Waals surface area contributed by atoms with Crippen molar-refractivity contribution in [1.82, 2.24) is 14.8 Å². The predicted octanol–water partition coefficient (Wildman–Crippen LogP) is 3.61. The van der Waals surface area contributed by atoms with Crippen molar-refractivity contribution in [2.45, 2.75) is 31.2 Å². The second-order valence-corrected chi connectivity index (χ2v) is 9.68. The van der Waals surface area contributed by atoms with Crippen LogP contribution in [0.15, 0.2) is 24.4 Å². The Bertz CT molecular complexity index is 1220. The zero-order chi connectivity index (χ0) is 24.8. The van der Waals surface area contributed by atoms with Gasteiger partial charge in [-0.1, -0.05) is 17.4 Å². The highest BCUT2D eigenvalue weighted by Gasteiger charge is 2.43. The molecule has 1 aliphatic rings. The van der Waals surface area contributed by atoms with Crippen molar-refractivity contribution in [3.63, 3.8) is 0 Å². The Labute approximate surface area is 196 Å². The molecule has 0 saturated carbocycles. The number of anilines is 3. The molecule has 0 aliphatic carbocycles. The second-order valence-electron chi connectivity index (χ2n) is 8.65. The standard InChI is InChI=1S/C21H23F4N7OS/c1-20(27)6-7-32(10-21(24,25)9-20)19-13(8-28-31(19)2)29-17(33)15-16(26)34-18(30-15)14-11(22)4-3-5-12(14)23/h3-5,8H,6-7,9-10,26-27H2,1-2H3,(H,29,33)/t20-/m1/s1. The number of rotatable bonds is 4. The molecule has 0 unspecified atom stereocenters. The molecule has 1 saturated heterocycles. The van der Waals surface area contributed by atoms with E-state index in [0.29, 0.717) is 6.42 Å². The van der Waals surface area contributed by atoms with Crippen LogP contribution in [-0.4, -0.2) is 45.2 Å². The lowest BCUT2D eigenvalue weighted by molar-refractivity contribution is -0.0116. The monoisotopic (exact) mass is 497 g/mol. The Kier molecular flexibility index (Phi) is 6.02. The predicted molar refractivity (Wildman–Crippen MR) is 122 cm³/mol. The molecule has 0 bridgehead atoms. The average Bonchev–Trinajstić information content (AvgIpc) is 3.23. The number of nitrogens with zero attached hydrogens (tertiary/aromatic N) is 4. The number of aryl methyl sites for hydroxylation is 1. The van der Waals surface area contributed by atoms with E-state index in [1.54, 1.807) is 14.0 Å². The number of amides is 1. The molecule has 34 heavy (non-hydrogen) atoms. The van der Waals surface area contributed by atoms with E-state index < -0.39 is 47.5 Å². The van der Waals surface area contributed by atoms with Crippen molar-refractivity contribution in [2.75, 3.05) is 29.0 Å². The van der Waals surface area contributed by atoms with Gasteiger partial charge in [-0.25, -0.2) is 22.5 Å². The van der Waals surface area contributed by atoms with Gasteiger partial charge in [0.15, 0.2) is 11.5 Å². The lowest BCUT2D eigenvalue weighted by Crippen LogP contribution is -2.42. The summed E-state index contributed by atoms with van der Waals surface area (Å²) in [7, 11) is 1.56. The van der Waals surface area contributed by atoms with Crippen LogP contribution in [-0.2, 0) is 7.05 Å².